The number of hydrazine groups is 1. The quantitative estimate of drug-likeness (QED) is 0.411. The Bertz CT molecular complexity index is 401. The largest absolute Gasteiger partial charge is 0.325 e. The van der Waals surface area contributed by atoms with Crippen LogP contribution in [0.5, 0.6) is 0 Å². The molecule has 0 saturated heterocycles. The van der Waals surface area contributed by atoms with E-state index in [1.165, 1.54) is 0 Å². The topological polar surface area (TPSA) is 81.1 Å². The molecule has 1 rings (SSSR count). The van der Waals surface area contributed by atoms with E-state index in [1.807, 2.05) is 38.1 Å². The fourth-order valence-electron chi connectivity index (χ4n) is 1.52. The number of thioether (sulfide) groups is 1. The van der Waals surface area contributed by atoms with Crippen molar-refractivity contribution in [1.29, 1.82) is 0 Å². The summed E-state index contributed by atoms with van der Waals surface area (Å²) in [7, 11) is 0. The molecule has 0 fully saturated rings. The number of nitrogens with two attached hydrogens (primary N) is 2. The lowest BCUT2D eigenvalue weighted by molar-refractivity contribution is -0.120. The minimum absolute atomic E-state index is 0.172. The van der Waals surface area contributed by atoms with Gasteiger partial charge in [-0.05, 0) is 25.0 Å². The number of carbonyl (C=O) groups excluding carboxylic acids is 1. The first-order valence-electron chi connectivity index (χ1n) is 5.85. The van der Waals surface area contributed by atoms with Crippen molar-refractivity contribution in [3.05, 3.63) is 35.4 Å². The van der Waals surface area contributed by atoms with Crippen LogP contribution in [0, 0.1) is 0 Å². The van der Waals surface area contributed by atoms with Crippen molar-refractivity contribution in [2.24, 2.45) is 11.6 Å². The first-order valence-corrected chi connectivity index (χ1v) is 7.01. The summed E-state index contributed by atoms with van der Waals surface area (Å²) in [5.74, 6) is 6.67. The van der Waals surface area contributed by atoms with E-state index >= 15 is 0 Å². The SMILES string of the molecule is CC(C)(N)CSCc1ccccc1CC(=O)NN. The van der Waals surface area contributed by atoms with Gasteiger partial charge in [-0.25, -0.2) is 5.84 Å². The molecule has 0 aliphatic rings. The molecular weight excluding hydrogens is 246 g/mol. The van der Waals surface area contributed by atoms with E-state index in [4.69, 9.17) is 11.6 Å². The molecule has 4 nitrogen and oxygen atoms in total. The molecule has 5 N–H and O–H groups in total. The molecule has 0 aliphatic heterocycles. The van der Waals surface area contributed by atoms with Crippen molar-refractivity contribution < 1.29 is 4.79 Å². The monoisotopic (exact) mass is 267 g/mol. The molecule has 0 atom stereocenters. The van der Waals surface area contributed by atoms with Crippen LogP contribution < -0.4 is 17.0 Å². The minimum atomic E-state index is -0.174. The van der Waals surface area contributed by atoms with Gasteiger partial charge in [0.25, 0.3) is 0 Å². The Morgan fingerprint density at radius 1 is 1.33 bits per heavy atom. The van der Waals surface area contributed by atoms with E-state index in [-0.39, 0.29) is 11.4 Å². The van der Waals surface area contributed by atoms with Gasteiger partial charge < -0.3 is 5.73 Å². The standard InChI is InChI=1S/C13H21N3OS/c1-13(2,14)9-18-8-11-6-4-3-5-10(11)7-12(17)16-15/h3-6H,7-9,14-15H2,1-2H3,(H,16,17). The molecule has 0 aromatic heterocycles. The van der Waals surface area contributed by atoms with Crippen LogP contribution in [0.3, 0.4) is 0 Å². The Hall–Kier alpha value is -1.04. The van der Waals surface area contributed by atoms with Gasteiger partial charge in [-0.3, -0.25) is 10.2 Å². The van der Waals surface area contributed by atoms with Gasteiger partial charge in [-0.2, -0.15) is 11.8 Å². The Balaban J connectivity index is 2.62. The second-order valence-corrected chi connectivity index (χ2v) is 5.98. The van der Waals surface area contributed by atoms with Crippen LogP contribution in [0.25, 0.3) is 0 Å². The first kappa shape index (κ1) is 15.0. The highest BCUT2D eigenvalue weighted by Crippen LogP contribution is 2.19. The summed E-state index contributed by atoms with van der Waals surface area (Å²) in [4.78, 5) is 11.3. The summed E-state index contributed by atoms with van der Waals surface area (Å²) in [5.41, 5.74) is 10.1. The van der Waals surface area contributed by atoms with Gasteiger partial charge in [0, 0.05) is 17.0 Å². The van der Waals surface area contributed by atoms with Gasteiger partial charge in [0.15, 0.2) is 0 Å². The fourth-order valence-corrected chi connectivity index (χ4v) is 2.65. The van der Waals surface area contributed by atoms with Crippen LogP contribution in [-0.4, -0.2) is 17.2 Å². The number of carbonyl (C=O) groups is 1. The predicted octanol–water partition coefficient (Wildman–Crippen LogP) is 1.19. The number of hydrogen-bond donors (Lipinski definition) is 3. The first-order chi connectivity index (χ1) is 8.42. The van der Waals surface area contributed by atoms with Crippen LogP contribution in [0.15, 0.2) is 24.3 Å². The third-order valence-electron chi connectivity index (χ3n) is 2.36. The summed E-state index contributed by atoms with van der Waals surface area (Å²) in [5, 5.41) is 0. The molecule has 0 radical (unpaired) electrons. The molecule has 18 heavy (non-hydrogen) atoms. The Labute approximate surface area is 112 Å². The van der Waals surface area contributed by atoms with Crippen LogP contribution in [0.4, 0.5) is 0 Å². The average Bonchev–Trinajstić information content (AvgIpc) is 2.29. The summed E-state index contributed by atoms with van der Waals surface area (Å²) in [6.07, 6.45) is 0.319. The molecule has 1 amide bonds. The van der Waals surface area contributed by atoms with Gasteiger partial charge in [0.05, 0.1) is 6.42 Å². The summed E-state index contributed by atoms with van der Waals surface area (Å²) >= 11 is 1.77. The maximum Gasteiger partial charge on any atom is 0.238 e. The Kier molecular flexibility index (Phi) is 5.65. The minimum Gasteiger partial charge on any atom is -0.325 e. The maximum absolute atomic E-state index is 11.3. The maximum atomic E-state index is 11.3. The second kappa shape index (κ2) is 6.78. The van der Waals surface area contributed by atoms with Crippen LogP contribution in [0.1, 0.15) is 25.0 Å². The van der Waals surface area contributed by atoms with Gasteiger partial charge in [-0.15, -0.1) is 0 Å². The molecule has 1 aromatic rings. The highest BCUT2D eigenvalue weighted by molar-refractivity contribution is 7.98. The average molecular weight is 267 g/mol. The summed E-state index contributed by atoms with van der Waals surface area (Å²) < 4.78 is 0. The molecule has 0 saturated carbocycles. The lowest BCUT2D eigenvalue weighted by Gasteiger charge is -2.18. The fraction of sp³-hybridized carbons (Fsp3) is 0.462. The van der Waals surface area contributed by atoms with E-state index in [1.54, 1.807) is 11.8 Å². The van der Waals surface area contributed by atoms with Crippen molar-refractivity contribution in [2.75, 3.05) is 5.75 Å². The third kappa shape index (κ3) is 5.53. The molecule has 0 aliphatic carbocycles. The zero-order chi connectivity index (χ0) is 13.6. The molecule has 0 heterocycles. The smallest absolute Gasteiger partial charge is 0.238 e. The van der Waals surface area contributed by atoms with E-state index in [0.29, 0.717) is 6.42 Å². The number of rotatable bonds is 6. The van der Waals surface area contributed by atoms with Crippen molar-refractivity contribution in [3.63, 3.8) is 0 Å². The summed E-state index contributed by atoms with van der Waals surface area (Å²) in [6, 6.07) is 7.90. The van der Waals surface area contributed by atoms with Crippen molar-refractivity contribution in [3.8, 4) is 0 Å². The Morgan fingerprint density at radius 2 is 1.94 bits per heavy atom. The van der Waals surface area contributed by atoms with Crippen LogP contribution in [0.2, 0.25) is 0 Å². The van der Waals surface area contributed by atoms with E-state index in [2.05, 4.69) is 5.43 Å². The normalized spacial score (nSPS) is 11.3. The van der Waals surface area contributed by atoms with Gasteiger partial charge in [0.1, 0.15) is 0 Å². The van der Waals surface area contributed by atoms with E-state index in [9.17, 15) is 4.79 Å². The number of hydrogen-bond acceptors (Lipinski definition) is 4. The van der Waals surface area contributed by atoms with Crippen LogP contribution in [-0.2, 0) is 17.0 Å². The van der Waals surface area contributed by atoms with Gasteiger partial charge >= 0.3 is 0 Å². The highest BCUT2D eigenvalue weighted by Gasteiger charge is 2.11. The molecule has 100 valence electrons. The number of nitrogens with one attached hydrogen (secondary N) is 1. The zero-order valence-electron chi connectivity index (χ0n) is 10.9. The van der Waals surface area contributed by atoms with Gasteiger partial charge in [0.2, 0.25) is 5.91 Å². The van der Waals surface area contributed by atoms with Gasteiger partial charge in [-0.1, -0.05) is 24.3 Å². The predicted molar refractivity (Wildman–Crippen MR) is 76.9 cm³/mol. The number of amides is 1. The van der Waals surface area contributed by atoms with E-state index in [0.717, 1.165) is 22.6 Å². The molecule has 0 bridgehead atoms. The lowest BCUT2D eigenvalue weighted by atomic mass is 10.1. The van der Waals surface area contributed by atoms with Crippen LogP contribution >= 0.6 is 11.8 Å². The lowest BCUT2D eigenvalue weighted by Crippen LogP contribution is -2.34. The number of benzene rings is 1. The van der Waals surface area contributed by atoms with Crippen molar-refractivity contribution in [2.45, 2.75) is 31.6 Å². The molecule has 0 spiro atoms. The highest BCUT2D eigenvalue weighted by atomic mass is 32.2. The molecular formula is C13H21N3OS. The zero-order valence-corrected chi connectivity index (χ0v) is 11.7. The molecule has 5 heteroatoms. The van der Waals surface area contributed by atoms with E-state index < -0.39 is 0 Å². The third-order valence-corrected chi connectivity index (χ3v) is 3.83. The molecule has 0 unspecified atom stereocenters. The van der Waals surface area contributed by atoms with Crippen molar-refractivity contribution >= 4 is 17.7 Å². The summed E-state index contributed by atoms with van der Waals surface area (Å²) in [6.45, 7) is 4.02. The van der Waals surface area contributed by atoms with Crippen molar-refractivity contribution in [1.82, 2.24) is 5.43 Å². The molecule has 1 aromatic carbocycles. The second-order valence-electron chi connectivity index (χ2n) is 4.99. The Morgan fingerprint density at radius 3 is 2.50 bits per heavy atom.